The normalized spacial score (nSPS) is 10.1. The number of benzene rings is 1. The molecule has 0 radical (unpaired) electrons. The lowest BCUT2D eigenvalue weighted by atomic mass is 10.2. The smallest absolute Gasteiger partial charge is 0.182 e. The molecule has 0 spiro atoms. The fourth-order valence-corrected chi connectivity index (χ4v) is 1.48. The van der Waals surface area contributed by atoms with Gasteiger partial charge in [-0.05, 0) is 29.8 Å². The summed E-state index contributed by atoms with van der Waals surface area (Å²) in [5.41, 5.74) is 0.970. The van der Waals surface area contributed by atoms with Gasteiger partial charge in [-0.1, -0.05) is 17.0 Å². The molecule has 0 atom stereocenters. The lowest BCUT2D eigenvalue weighted by Crippen LogP contribution is -2.20. The Hall–Kier alpha value is -2.50. The monoisotopic (exact) mass is 246 g/mol. The number of nitrogens with zero attached hydrogens (tertiary/aromatic N) is 2. The van der Waals surface area contributed by atoms with Crippen LogP contribution in [0.3, 0.4) is 0 Å². The molecule has 3 N–H and O–H groups in total. The second-order valence-electron chi connectivity index (χ2n) is 3.70. The molecule has 2 aromatic rings. The highest BCUT2D eigenvalue weighted by atomic mass is 16.5. The van der Waals surface area contributed by atoms with Gasteiger partial charge < -0.3 is 15.3 Å². The SMILES string of the molecule is COc1cccc(CNc2ccc(=N)n(O)n2)c1. The summed E-state index contributed by atoms with van der Waals surface area (Å²) in [7, 11) is 1.62. The van der Waals surface area contributed by atoms with Crippen LogP contribution in [0.1, 0.15) is 5.56 Å². The lowest BCUT2D eigenvalue weighted by Gasteiger charge is -2.07. The van der Waals surface area contributed by atoms with Gasteiger partial charge in [-0.15, -0.1) is 5.10 Å². The quantitative estimate of drug-likeness (QED) is 0.708. The van der Waals surface area contributed by atoms with Crippen LogP contribution in [0.25, 0.3) is 0 Å². The lowest BCUT2D eigenvalue weighted by molar-refractivity contribution is 0.131. The number of nitrogens with one attached hydrogen (secondary N) is 2. The van der Waals surface area contributed by atoms with Gasteiger partial charge in [-0.25, -0.2) is 0 Å². The van der Waals surface area contributed by atoms with Crippen LogP contribution in [0.4, 0.5) is 5.82 Å². The molecule has 6 nitrogen and oxygen atoms in total. The summed E-state index contributed by atoms with van der Waals surface area (Å²) in [5.74, 6) is 1.29. The Balaban J connectivity index is 2.06. The van der Waals surface area contributed by atoms with Gasteiger partial charge in [0.2, 0.25) is 0 Å². The molecule has 0 saturated heterocycles. The van der Waals surface area contributed by atoms with Crippen LogP contribution < -0.4 is 15.5 Å². The van der Waals surface area contributed by atoms with E-state index in [9.17, 15) is 5.21 Å². The molecule has 94 valence electrons. The number of ether oxygens (including phenoxy) is 1. The van der Waals surface area contributed by atoms with Gasteiger partial charge in [0.25, 0.3) is 0 Å². The number of rotatable bonds is 4. The number of hydrogen-bond donors (Lipinski definition) is 3. The Morgan fingerprint density at radius 1 is 1.39 bits per heavy atom. The highest BCUT2D eigenvalue weighted by molar-refractivity contribution is 5.35. The van der Waals surface area contributed by atoms with Crippen molar-refractivity contribution >= 4 is 5.82 Å². The molecule has 1 heterocycles. The molecular weight excluding hydrogens is 232 g/mol. The maximum absolute atomic E-state index is 9.24. The van der Waals surface area contributed by atoms with Crippen LogP contribution >= 0.6 is 0 Å². The fraction of sp³-hybridized carbons (Fsp3) is 0.167. The summed E-state index contributed by atoms with van der Waals surface area (Å²) in [6, 6.07) is 10.7. The van der Waals surface area contributed by atoms with Crippen molar-refractivity contribution in [3.8, 4) is 5.75 Å². The second-order valence-corrected chi connectivity index (χ2v) is 3.70. The summed E-state index contributed by atoms with van der Waals surface area (Å²) >= 11 is 0. The summed E-state index contributed by atoms with van der Waals surface area (Å²) in [6.07, 6.45) is 0. The number of aromatic nitrogens is 2. The molecule has 0 unspecified atom stereocenters. The molecule has 0 amide bonds. The minimum atomic E-state index is -0.0677. The maximum atomic E-state index is 9.24. The molecule has 2 rings (SSSR count). The van der Waals surface area contributed by atoms with Crippen molar-refractivity contribution in [2.45, 2.75) is 6.54 Å². The zero-order valence-electron chi connectivity index (χ0n) is 9.92. The van der Waals surface area contributed by atoms with Gasteiger partial charge in [0, 0.05) is 6.54 Å². The van der Waals surface area contributed by atoms with Gasteiger partial charge >= 0.3 is 0 Å². The van der Waals surface area contributed by atoms with E-state index in [0.29, 0.717) is 17.2 Å². The molecule has 0 aliphatic rings. The zero-order valence-corrected chi connectivity index (χ0v) is 9.92. The average molecular weight is 246 g/mol. The Morgan fingerprint density at radius 3 is 2.94 bits per heavy atom. The van der Waals surface area contributed by atoms with E-state index in [1.807, 2.05) is 24.3 Å². The summed E-state index contributed by atoms with van der Waals surface area (Å²) in [5, 5.41) is 23.3. The molecule has 1 aromatic carbocycles. The van der Waals surface area contributed by atoms with Crippen molar-refractivity contribution in [2.75, 3.05) is 12.4 Å². The van der Waals surface area contributed by atoms with Gasteiger partial charge in [0.05, 0.1) is 7.11 Å². The molecule has 6 heteroatoms. The van der Waals surface area contributed by atoms with E-state index in [-0.39, 0.29) is 5.49 Å². The Kier molecular flexibility index (Phi) is 3.47. The van der Waals surface area contributed by atoms with Crippen LogP contribution in [0.2, 0.25) is 0 Å². The van der Waals surface area contributed by atoms with Gasteiger partial charge in [-0.2, -0.15) is 0 Å². The first-order valence-electron chi connectivity index (χ1n) is 5.40. The third-order valence-corrected chi connectivity index (χ3v) is 2.42. The van der Waals surface area contributed by atoms with Crippen LogP contribution in [0.5, 0.6) is 5.75 Å². The van der Waals surface area contributed by atoms with Crippen molar-refractivity contribution in [1.29, 1.82) is 5.41 Å². The van der Waals surface area contributed by atoms with Gasteiger partial charge in [0.15, 0.2) is 5.49 Å². The third kappa shape index (κ3) is 2.79. The molecule has 0 aliphatic heterocycles. The van der Waals surface area contributed by atoms with Crippen molar-refractivity contribution in [2.24, 2.45) is 0 Å². The van der Waals surface area contributed by atoms with Crippen LogP contribution in [0, 0.1) is 5.41 Å². The first-order chi connectivity index (χ1) is 8.69. The minimum absolute atomic E-state index is 0.0677. The summed E-state index contributed by atoms with van der Waals surface area (Å²) in [4.78, 5) is 0.522. The van der Waals surface area contributed by atoms with Crippen molar-refractivity contribution in [1.82, 2.24) is 9.94 Å². The zero-order chi connectivity index (χ0) is 13.0. The predicted molar refractivity (Wildman–Crippen MR) is 65.6 cm³/mol. The van der Waals surface area contributed by atoms with E-state index in [0.717, 1.165) is 11.3 Å². The van der Waals surface area contributed by atoms with Gasteiger partial charge in [0.1, 0.15) is 11.6 Å². The van der Waals surface area contributed by atoms with Crippen molar-refractivity contribution in [3.05, 3.63) is 47.4 Å². The standard InChI is InChI=1S/C12H14N4O2/c1-18-10-4-2-3-9(7-10)8-14-12-6-5-11(13)16(17)15-12/h2-7,13,17H,8H2,1H3,(H,14,15). The van der Waals surface area contributed by atoms with E-state index >= 15 is 0 Å². The molecule has 18 heavy (non-hydrogen) atoms. The molecule has 1 aromatic heterocycles. The maximum Gasteiger partial charge on any atom is 0.182 e. The highest BCUT2D eigenvalue weighted by Gasteiger charge is 1.99. The second kappa shape index (κ2) is 5.22. The van der Waals surface area contributed by atoms with E-state index < -0.39 is 0 Å². The van der Waals surface area contributed by atoms with Crippen LogP contribution in [0.15, 0.2) is 36.4 Å². The van der Waals surface area contributed by atoms with Crippen LogP contribution in [-0.4, -0.2) is 22.3 Å². The third-order valence-electron chi connectivity index (χ3n) is 2.42. The van der Waals surface area contributed by atoms with E-state index in [1.165, 1.54) is 6.07 Å². The van der Waals surface area contributed by atoms with Crippen molar-refractivity contribution < 1.29 is 9.94 Å². The minimum Gasteiger partial charge on any atom is -0.497 e. The Morgan fingerprint density at radius 2 is 2.22 bits per heavy atom. The fourth-order valence-electron chi connectivity index (χ4n) is 1.48. The number of hydrogen-bond acceptors (Lipinski definition) is 5. The van der Waals surface area contributed by atoms with Crippen LogP contribution in [-0.2, 0) is 6.54 Å². The first-order valence-corrected chi connectivity index (χ1v) is 5.40. The molecular formula is C12H14N4O2. The topological polar surface area (TPSA) is 83.2 Å². The Bertz CT molecular complexity index is 595. The van der Waals surface area contributed by atoms with E-state index in [2.05, 4.69) is 10.4 Å². The average Bonchev–Trinajstić information content (AvgIpc) is 2.40. The summed E-state index contributed by atoms with van der Waals surface area (Å²) < 4.78 is 5.13. The first kappa shape index (κ1) is 12.0. The Labute approximate surface area is 104 Å². The highest BCUT2D eigenvalue weighted by Crippen LogP contribution is 2.13. The number of anilines is 1. The van der Waals surface area contributed by atoms with Crippen molar-refractivity contribution in [3.63, 3.8) is 0 Å². The van der Waals surface area contributed by atoms with Gasteiger partial charge in [-0.3, -0.25) is 5.41 Å². The number of methoxy groups -OCH3 is 1. The predicted octanol–water partition coefficient (Wildman–Crippen LogP) is 1.22. The molecule has 0 aliphatic carbocycles. The largest absolute Gasteiger partial charge is 0.497 e. The van der Waals surface area contributed by atoms with E-state index in [4.69, 9.17) is 10.1 Å². The molecule has 0 saturated carbocycles. The molecule has 0 fully saturated rings. The summed E-state index contributed by atoms with van der Waals surface area (Å²) in [6.45, 7) is 0.557. The van der Waals surface area contributed by atoms with E-state index in [1.54, 1.807) is 13.2 Å². The molecule has 0 bridgehead atoms.